The molecule has 0 saturated carbocycles. The summed E-state index contributed by atoms with van der Waals surface area (Å²) in [4.78, 5) is 24.4. The molecule has 20 heavy (non-hydrogen) atoms. The van der Waals surface area contributed by atoms with E-state index in [-0.39, 0.29) is 22.5 Å². The second-order valence-corrected chi connectivity index (χ2v) is 4.66. The third kappa shape index (κ3) is 3.55. The van der Waals surface area contributed by atoms with Crippen LogP contribution < -0.4 is 4.74 Å². The molecule has 1 aromatic carbocycles. The lowest BCUT2D eigenvalue weighted by Gasteiger charge is -2.10. The Bertz CT molecular complexity index is 612. The van der Waals surface area contributed by atoms with E-state index in [0.29, 0.717) is 11.3 Å². The number of rotatable bonds is 3. The summed E-state index contributed by atoms with van der Waals surface area (Å²) in [5, 5.41) is -0.112. The van der Waals surface area contributed by atoms with E-state index in [1.54, 1.807) is 38.4 Å². The summed E-state index contributed by atoms with van der Waals surface area (Å²) in [6, 6.07) is 6.52. The molecular weight excluding hydrogens is 303 g/mol. The van der Waals surface area contributed by atoms with E-state index in [2.05, 4.69) is 15.0 Å². The Morgan fingerprint density at radius 2 is 1.60 bits per heavy atom. The molecule has 1 amide bonds. The fraction of sp³-hybridized carbons (Fsp3) is 0.167. The summed E-state index contributed by atoms with van der Waals surface area (Å²) in [7, 11) is 3.36. The molecule has 104 valence electrons. The van der Waals surface area contributed by atoms with Crippen LogP contribution in [-0.4, -0.2) is 39.9 Å². The predicted molar refractivity (Wildman–Crippen MR) is 74.4 cm³/mol. The first-order chi connectivity index (χ1) is 9.45. The van der Waals surface area contributed by atoms with Gasteiger partial charge in [0.05, 0.1) is 0 Å². The van der Waals surface area contributed by atoms with E-state index in [9.17, 15) is 4.79 Å². The molecule has 0 aliphatic heterocycles. The third-order valence-electron chi connectivity index (χ3n) is 2.28. The maximum atomic E-state index is 11.7. The number of aromatic nitrogens is 3. The summed E-state index contributed by atoms with van der Waals surface area (Å²) < 4.78 is 5.38. The molecule has 0 aliphatic rings. The summed E-state index contributed by atoms with van der Waals surface area (Å²) in [6.07, 6.45) is 0. The number of carbonyl (C=O) groups excluding carboxylic acids is 1. The molecule has 0 radical (unpaired) electrons. The van der Waals surface area contributed by atoms with Gasteiger partial charge in [0.2, 0.25) is 10.6 Å². The maximum absolute atomic E-state index is 11.7. The van der Waals surface area contributed by atoms with Crippen molar-refractivity contribution in [3.8, 4) is 11.8 Å². The number of nitrogens with zero attached hydrogens (tertiary/aromatic N) is 4. The standard InChI is InChI=1S/C12H10Cl2N4O2/c1-18(2)9(19)7-3-5-8(6-4-7)20-12-16-10(13)15-11(14)17-12/h3-6H,1-2H3. The van der Waals surface area contributed by atoms with Crippen LogP contribution in [0, 0.1) is 0 Å². The van der Waals surface area contributed by atoms with Crippen molar-refractivity contribution in [3.05, 3.63) is 40.4 Å². The second-order valence-electron chi connectivity index (χ2n) is 3.98. The third-order valence-corrected chi connectivity index (χ3v) is 2.61. The van der Waals surface area contributed by atoms with Crippen LogP contribution in [-0.2, 0) is 0 Å². The molecule has 2 aromatic rings. The fourth-order valence-corrected chi connectivity index (χ4v) is 1.73. The molecule has 0 saturated heterocycles. The molecule has 8 heteroatoms. The molecule has 2 rings (SSSR count). The molecule has 0 fully saturated rings. The van der Waals surface area contributed by atoms with Crippen molar-refractivity contribution >= 4 is 29.1 Å². The average molecular weight is 313 g/mol. The summed E-state index contributed by atoms with van der Waals surface area (Å²) >= 11 is 11.3. The highest BCUT2D eigenvalue weighted by Crippen LogP contribution is 2.20. The Morgan fingerprint density at radius 1 is 1.05 bits per heavy atom. The smallest absolute Gasteiger partial charge is 0.327 e. The van der Waals surface area contributed by atoms with Crippen LogP contribution in [0.2, 0.25) is 10.6 Å². The van der Waals surface area contributed by atoms with E-state index in [1.807, 2.05) is 0 Å². The van der Waals surface area contributed by atoms with Crippen molar-refractivity contribution < 1.29 is 9.53 Å². The zero-order valence-corrected chi connectivity index (χ0v) is 12.2. The number of ether oxygens (including phenoxy) is 1. The van der Waals surface area contributed by atoms with Crippen LogP contribution in [0.5, 0.6) is 11.8 Å². The molecule has 1 heterocycles. The summed E-state index contributed by atoms with van der Waals surface area (Å²) in [6.45, 7) is 0. The van der Waals surface area contributed by atoms with Gasteiger partial charge in [0.25, 0.3) is 5.91 Å². The maximum Gasteiger partial charge on any atom is 0.327 e. The van der Waals surface area contributed by atoms with Crippen LogP contribution in [0.4, 0.5) is 0 Å². The average Bonchev–Trinajstić information content (AvgIpc) is 2.37. The van der Waals surface area contributed by atoms with Crippen LogP contribution in [0.15, 0.2) is 24.3 Å². The van der Waals surface area contributed by atoms with Crippen molar-refractivity contribution in [2.75, 3.05) is 14.1 Å². The van der Waals surface area contributed by atoms with Crippen LogP contribution in [0.1, 0.15) is 10.4 Å². The number of halogens is 2. The van der Waals surface area contributed by atoms with Crippen molar-refractivity contribution in [1.29, 1.82) is 0 Å². The van der Waals surface area contributed by atoms with Crippen molar-refractivity contribution in [2.24, 2.45) is 0 Å². The first kappa shape index (κ1) is 14.5. The largest absolute Gasteiger partial charge is 0.424 e. The summed E-state index contributed by atoms with van der Waals surface area (Å²) in [5.74, 6) is 0.362. The van der Waals surface area contributed by atoms with Gasteiger partial charge in [-0.2, -0.15) is 15.0 Å². The number of hydrogen-bond donors (Lipinski definition) is 0. The van der Waals surface area contributed by atoms with Gasteiger partial charge in [0.15, 0.2) is 0 Å². The monoisotopic (exact) mass is 312 g/mol. The van der Waals surface area contributed by atoms with E-state index in [4.69, 9.17) is 27.9 Å². The Labute approximate surface area is 125 Å². The Morgan fingerprint density at radius 3 is 2.10 bits per heavy atom. The van der Waals surface area contributed by atoms with E-state index in [1.165, 1.54) is 4.90 Å². The highest BCUT2D eigenvalue weighted by Gasteiger charge is 2.09. The first-order valence-electron chi connectivity index (χ1n) is 5.52. The van der Waals surface area contributed by atoms with Gasteiger partial charge >= 0.3 is 6.01 Å². The molecular formula is C12H10Cl2N4O2. The van der Waals surface area contributed by atoms with Gasteiger partial charge in [-0.1, -0.05) is 0 Å². The van der Waals surface area contributed by atoms with Gasteiger partial charge in [-0.25, -0.2) is 0 Å². The predicted octanol–water partition coefficient (Wildman–Crippen LogP) is 2.67. The van der Waals surface area contributed by atoms with E-state index < -0.39 is 0 Å². The number of hydrogen-bond acceptors (Lipinski definition) is 5. The highest BCUT2D eigenvalue weighted by atomic mass is 35.5. The Balaban J connectivity index is 2.16. The zero-order valence-electron chi connectivity index (χ0n) is 10.7. The molecule has 0 spiro atoms. The van der Waals surface area contributed by atoms with Gasteiger partial charge < -0.3 is 9.64 Å². The van der Waals surface area contributed by atoms with Crippen LogP contribution >= 0.6 is 23.2 Å². The topological polar surface area (TPSA) is 68.2 Å². The molecule has 0 unspecified atom stereocenters. The zero-order chi connectivity index (χ0) is 14.7. The summed E-state index contributed by atoms with van der Waals surface area (Å²) in [5.41, 5.74) is 0.550. The van der Waals surface area contributed by atoms with Crippen LogP contribution in [0.3, 0.4) is 0 Å². The second kappa shape index (κ2) is 6.02. The Kier molecular flexibility index (Phi) is 4.36. The van der Waals surface area contributed by atoms with Gasteiger partial charge in [0, 0.05) is 19.7 Å². The molecule has 0 N–H and O–H groups in total. The molecule has 0 aliphatic carbocycles. The minimum Gasteiger partial charge on any atom is -0.424 e. The van der Waals surface area contributed by atoms with Crippen molar-refractivity contribution in [3.63, 3.8) is 0 Å². The van der Waals surface area contributed by atoms with Crippen molar-refractivity contribution in [2.45, 2.75) is 0 Å². The lowest BCUT2D eigenvalue weighted by Crippen LogP contribution is -2.21. The molecule has 0 bridgehead atoms. The molecule has 0 atom stereocenters. The van der Waals surface area contributed by atoms with Gasteiger partial charge in [-0.3, -0.25) is 4.79 Å². The Hall–Kier alpha value is -1.92. The first-order valence-corrected chi connectivity index (χ1v) is 6.28. The van der Waals surface area contributed by atoms with Gasteiger partial charge in [-0.15, -0.1) is 0 Å². The fourth-order valence-electron chi connectivity index (χ4n) is 1.38. The minimum absolute atomic E-state index is 0.0123. The molecule has 1 aromatic heterocycles. The van der Waals surface area contributed by atoms with Gasteiger partial charge in [-0.05, 0) is 47.5 Å². The van der Waals surface area contributed by atoms with Crippen molar-refractivity contribution in [1.82, 2.24) is 19.9 Å². The number of carbonyl (C=O) groups is 1. The quantitative estimate of drug-likeness (QED) is 0.871. The van der Waals surface area contributed by atoms with Gasteiger partial charge in [0.1, 0.15) is 5.75 Å². The highest BCUT2D eigenvalue weighted by molar-refractivity contribution is 6.31. The van der Waals surface area contributed by atoms with E-state index >= 15 is 0 Å². The lowest BCUT2D eigenvalue weighted by atomic mass is 10.2. The lowest BCUT2D eigenvalue weighted by molar-refractivity contribution is 0.0827. The van der Waals surface area contributed by atoms with E-state index in [0.717, 1.165) is 0 Å². The molecule has 6 nitrogen and oxygen atoms in total. The number of amides is 1. The van der Waals surface area contributed by atoms with Crippen LogP contribution in [0.25, 0.3) is 0 Å². The normalized spacial score (nSPS) is 10.2. The number of benzene rings is 1. The minimum atomic E-state index is -0.0946. The SMILES string of the molecule is CN(C)C(=O)c1ccc(Oc2nc(Cl)nc(Cl)n2)cc1.